The number of anilines is 2. The van der Waals surface area contributed by atoms with E-state index in [-0.39, 0.29) is 5.91 Å². The normalized spacial score (nSPS) is 9.85. The summed E-state index contributed by atoms with van der Waals surface area (Å²) in [6.45, 7) is 1.86. The number of rotatable bonds is 2. The number of nitrogens with zero attached hydrogens (tertiary/aromatic N) is 2. The van der Waals surface area contributed by atoms with E-state index in [1.807, 2.05) is 13.0 Å². The third-order valence-corrected chi connectivity index (χ3v) is 3.22. The number of carbonyl (C=O) groups excluding carboxylic acids is 1. The van der Waals surface area contributed by atoms with Gasteiger partial charge in [-0.15, -0.1) is 0 Å². The van der Waals surface area contributed by atoms with Crippen LogP contribution in [0.25, 0.3) is 0 Å². The van der Waals surface area contributed by atoms with Crippen molar-refractivity contribution in [1.82, 2.24) is 0 Å². The lowest BCUT2D eigenvalue weighted by atomic mass is 10.1. The maximum Gasteiger partial charge on any atom is 0.260 e. The Balaban J connectivity index is 2.38. The van der Waals surface area contributed by atoms with Crippen LogP contribution in [0.2, 0.25) is 0 Å². The lowest BCUT2D eigenvalue weighted by Crippen LogP contribution is -2.27. The molecule has 0 fully saturated rings. The fourth-order valence-corrected chi connectivity index (χ4v) is 1.95. The highest BCUT2D eigenvalue weighted by Crippen LogP contribution is 2.22. The number of nitriles is 1. The lowest BCUT2D eigenvalue weighted by molar-refractivity contribution is 0.0994. The molecular weight excluding hydrogens is 250 g/mol. The molecule has 2 aromatic carbocycles. The van der Waals surface area contributed by atoms with Crippen molar-refractivity contribution in [3.63, 3.8) is 0 Å². The van der Waals surface area contributed by atoms with Gasteiger partial charge in [0.2, 0.25) is 0 Å². The summed E-state index contributed by atoms with van der Waals surface area (Å²) in [6.07, 6.45) is 0. The Hall–Kier alpha value is -2.80. The van der Waals surface area contributed by atoms with E-state index >= 15 is 0 Å². The maximum atomic E-state index is 12.5. The highest BCUT2D eigenvalue weighted by molar-refractivity contribution is 6.09. The smallest absolute Gasteiger partial charge is 0.260 e. The molecule has 2 rings (SSSR count). The molecule has 0 atom stereocenters. The first-order valence-electron chi connectivity index (χ1n) is 6.18. The molecule has 4 heteroatoms. The number of aryl methyl sites for hydroxylation is 1. The average molecular weight is 265 g/mol. The molecule has 4 nitrogen and oxygen atoms in total. The van der Waals surface area contributed by atoms with Gasteiger partial charge >= 0.3 is 0 Å². The monoisotopic (exact) mass is 265 g/mol. The molecule has 100 valence electrons. The van der Waals surface area contributed by atoms with Gasteiger partial charge in [0.05, 0.1) is 17.2 Å². The van der Waals surface area contributed by atoms with E-state index in [1.165, 1.54) is 4.90 Å². The first-order valence-corrected chi connectivity index (χ1v) is 6.18. The van der Waals surface area contributed by atoms with Crippen molar-refractivity contribution in [1.29, 1.82) is 5.26 Å². The maximum absolute atomic E-state index is 12.5. The number of nitrogens with two attached hydrogens (primary N) is 1. The number of amides is 1. The lowest BCUT2D eigenvalue weighted by Gasteiger charge is -2.19. The third kappa shape index (κ3) is 2.47. The first kappa shape index (κ1) is 13.6. The van der Waals surface area contributed by atoms with Crippen LogP contribution in [0.15, 0.2) is 42.5 Å². The molecule has 0 bridgehead atoms. The molecule has 1 amide bonds. The van der Waals surface area contributed by atoms with E-state index in [4.69, 9.17) is 11.0 Å². The molecule has 0 radical (unpaired) electrons. The molecule has 0 aliphatic carbocycles. The van der Waals surface area contributed by atoms with E-state index in [9.17, 15) is 4.79 Å². The summed E-state index contributed by atoms with van der Waals surface area (Å²) in [5.41, 5.74) is 8.96. The zero-order valence-electron chi connectivity index (χ0n) is 11.4. The van der Waals surface area contributed by atoms with Gasteiger partial charge in [-0.1, -0.05) is 18.2 Å². The minimum atomic E-state index is -0.193. The van der Waals surface area contributed by atoms with E-state index in [1.54, 1.807) is 43.4 Å². The summed E-state index contributed by atoms with van der Waals surface area (Å²) in [4.78, 5) is 14.0. The van der Waals surface area contributed by atoms with Crippen molar-refractivity contribution in [3.8, 4) is 6.07 Å². The second kappa shape index (κ2) is 5.45. The number of hydrogen-bond donors (Lipinski definition) is 1. The van der Waals surface area contributed by atoms with Gasteiger partial charge in [-0.2, -0.15) is 5.26 Å². The highest BCUT2D eigenvalue weighted by atomic mass is 16.2. The Labute approximate surface area is 118 Å². The standard InChI is InChI=1S/C16H15N3O/c1-11-5-3-8-14(15(11)18)16(20)19(2)13-7-4-6-12(9-13)10-17/h3-9H,18H2,1-2H3. The molecule has 0 unspecified atom stereocenters. The predicted octanol–water partition coefficient (Wildman–Crippen LogP) is 2.73. The summed E-state index contributed by atoms with van der Waals surface area (Å²) in [6, 6.07) is 14.3. The van der Waals surface area contributed by atoms with Crippen LogP contribution in [-0.4, -0.2) is 13.0 Å². The molecule has 0 saturated heterocycles. The van der Waals surface area contributed by atoms with Gasteiger partial charge in [-0.05, 0) is 36.8 Å². The summed E-state index contributed by atoms with van der Waals surface area (Å²) in [7, 11) is 1.67. The molecular formula is C16H15N3O. The fourth-order valence-electron chi connectivity index (χ4n) is 1.95. The van der Waals surface area contributed by atoms with Crippen molar-refractivity contribution in [2.75, 3.05) is 17.7 Å². The molecule has 2 N–H and O–H groups in total. The number of nitrogen functional groups attached to an aromatic ring is 1. The van der Waals surface area contributed by atoms with Crippen molar-refractivity contribution in [2.24, 2.45) is 0 Å². The summed E-state index contributed by atoms with van der Waals surface area (Å²) < 4.78 is 0. The Morgan fingerprint density at radius 2 is 1.95 bits per heavy atom. The van der Waals surface area contributed by atoms with Crippen LogP contribution in [0.5, 0.6) is 0 Å². The van der Waals surface area contributed by atoms with Gasteiger partial charge in [-0.3, -0.25) is 4.79 Å². The van der Waals surface area contributed by atoms with Crippen LogP contribution in [0.3, 0.4) is 0 Å². The summed E-state index contributed by atoms with van der Waals surface area (Å²) >= 11 is 0. The van der Waals surface area contributed by atoms with Gasteiger partial charge in [0.1, 0.15) is 0 Å². The molecule has 0 heterocycles. The van der Waals surface area contributed by atoms with Gasteiger partial charge in [0.15, 0.2) is 0 Å². The number of benzene rings is 2. The van der Waals surface area contributed by atoms with E-state index < -0.39 is 0 Å². The van der Waals surface area contributed by atoms with E-state index in [0.717, 1.165) is 5.56 Å². The van der Waals surface area contributed by atoms with Crippen molar-refractivity contribution in [3.05, 3.63) is 59.2 Å². The van der Waals surface area contributed by atoms with Crippen molar-refractivity contribution in [2.45, 2.75) is 6.92 Å². The molecule has 0 saturated carbocycles. The molecule has 2 aromatic rings. The number of carbonyl (C=O) groups is 1. The number of hydrogen-bond acceptors (Lipinski definition) is 3. The van der Waals surface area contributed by atoms with Gasteiger partial charge in [0.25, 0.3) is 5.91 Å². The Bertz CT molecular complexity index is 701. The van der Waals surface area contributed by atoms with E-state index in [2.05, 4.69) is 6.07 Å². The van der Waals surface area contributed by atoms with Crippen LogP contribution in [0.4, 0.5) is 11.4 Å². The topological polar surface area (TPSA) is 70.1 Å². The summed E-state index contributed by atoms with van der Waals surface area (Å²) in [5, 5.41) is 8.91. The van der Waals surface area contributed by atoms with Gasteiger partial charge in [-0.25, -0.2) is 0 Å². The molecule has 0 aliphatic rings. The highest BCUT2D eigenvalue weighted by Gasteiger charge is 2.17. The second-order valence-electron chi connectivity index (χ2n) is 4.56. The van der Waals surface area contributed by atoms with Crippen LogP contribution >= 0.6 is 0 Å². The van der Waals surface area contributed by atoms with Crippen LogP contribution in [-0.2, 0) is 0 Å². The van der Waals surface area contributed by atoms with Gasteiger partial charge in [0, 0.05) is 18.4 Å². The Morgan fingerprint density at radius 3 is 2.65 bits per heavy atom. The van der Waals surface area contributed by atoms with Crippen LogP contribution < -0.4 is 10.6 Å². The SMILES string of the molecule is Cc1cccc(C(=O)N(C)c2cccc(C#N)c2)c1N. The zero-order valence-corrected chi connectivity index (χ0v) is 11.4. The largest absolute Gasteiger partial charge is 0.398 e. The summed E-state index contributed by atoms with van der Waals surface area (Å²) in [5.74, 6) is -0.193. The molecule has 0 aromatic heterocycles. The first-order chi connectivity index (χ1) is 9.54. The minimum absolute atomic E-state index is 0.193. The fraction of sp³-hybridized carbons (Fsp3) is 0.125. The predicted molar refractivity (Wildman–Crippen MR) is 79.5 cm³/mol. The molecule has 20 heavy (non-hydrogen) atoms. The minimum Gasteiger partial charge on any atom is -0.398 e. The quantitative estimate of drug-likeness (QED) is 0.849. The van der Waals surface area contributed by atoms with Crippen LogP contribution in [0, 0.1) is 18.3 Å². The third-order valence-electron chi connectivity index (χ3n) is 3.22. The zero-order chi connectivity index (χ0) is 14.7. The van der Waals surface area contributed by atoms with Gasteiger partial charge < -0.3 is 10.6 Å². The van der Waals surface area contributed by atoms with E-state index in [0.29, 0.717) is 22.5 Å². The number of para-hydroxylation sites is 1. The Kier molecular flexibility index (Phi) is 3.72. The second-order valence-corrected chi connectivity index (χ2v) is 4.56. The molecule has 0 spiro atoms. The van der Waals surface area contributed by atoms with Crippen molar-refractivity contribution >= 4 is 17.3 Å². The molecule has 0 aliphatic heterocycles. The average Bonchev–Trinajstić information content (AvgIpc) is 2.48. The van der Waals surface area contributed by atoms with Crippen LogP contribution in [0.1, 0.15) is 21.5 Å². The van der Waals surface area contributed by atoms with Crippen molar-refractivity contribution < 1.29 is 4.79 Å². The Morgan fingerprint density at radius 1 is 1.25 bits per heavy atom.